The maximum atomic E-state index is 12.8. The van der Waals surface area contributed by atoms with Crippen molar-refractivity contribution in [3.63, 3.8) is 0 Å². The van der Waals surface area contributed by atoms with Gasteiger partial charge in [0.25, 0.3) is 0 Å². The molecule has 0 radical (unpaired) electrons. The number of ether oxygens (including phenoxy) is 4. The second kappa shape index (κ2) is 27.5. The van der Waals surface area contributed by atoms with Gasteiger partial charge in [-0.3, -0.25) is 19.2 Å². The van der Waals surface area contributed by atoms with Gasteiger partial charge in [-0.15, -0.1) is 0 Å². The number of aromatic nitrogens is 2. The Morgan fingerprint density at radius 3 is 1.15 bits per heavy atom. The molecule has 0 aliphatic rings. The molecule has 0 aliphatic heterocycles. The predicted octanol–water partition coefficient (Wildman–Crippen LogP) is 10.9. The molecule has 6 rings (SSSR count). The Kier molecular flexibility index (Phi) is 21.5. The summed E-state index contributed by atoms with van der Waals surface area (Å²) in [5.74, 6) is -0.841. The van der Waals surface area contributed by atoms with Gasteiger partial charge in [-0.2, -0.15) is 0 Å². The van der Waals surface area contributed by atoms with Crippen LogP contribution in [0.3, 0.4) is 0 Å². The number of benzene rings is 4. The molecule has 6 N–H and O–H groups in total. The Morgan fingerprint density at radius 2 is 0.795 bits per heavy atom. The van der Waals surface area contributed by atoms with Crippen LogP contribution >= 0.6 is 21.6 Å². The van der Waals surface area contributed by atoms with Crippen LogP contribution in [0, 0.1) is 0 Å². The van der Waals surface area contributed by atoms with Crippen molar-refractivity contribution in [2.75, 3.05) is 37.9 Å². The molecule has 0 saturated carbocycles. The van der Waals surface area contributed by atoms with Crippen LogP contribution in [0.2, 0.25) is 0 Å². The number of pyridine rings is 2. The number of hydrogen-bond acceptors (Lipinski definition) is 12. The van der Waals surface area contributed by atoms with E-state index in [-0.39, 0.29) is 45.3 Å². The number of nitrogens with one attached hydrogen (secondary N) is 4. The van der Waals surface area contributed by atoms with Crippen molar-refractivity contribution in [3.8, 4) is 22.3 Å². The van der Waals surface area contributed by atoms with Crippen LogP contribution in [0.1, 0.15) is 126 Å². The van der Waals surface area contributed by atoms with Gasteiger partial charge in [0.05, 0.1) is 48.8 Å². The minimum atomic E-state index is -1.19. The Labute approximate surface area is 463 Å². The fraction of sp³-hybridized carbons (Fsp3) is 0.433. The zero-order chi connectivity index (χ0) is 56.7. The van der Waals surface area contributed by atoms with Crippen molar-refractivity contribution in [2.24, 2.45) is 0 Å². The van der Waals surface area contributed by atoms with Crippen molar-refractivity contribution in [2.45, 2.75) is 129 Å². The normalized spacial score (nSPS) is 12.3. The molecule has 18 heteroatoms. The maximum Gasteiger partial charge on any atom is 0.352 e. The molecule has 2 heterocycles. The van der Waals surface area contributed by atoms with Gasteiger partial charge in [0, 0.05) is 71.4 Å². The van der Waals surface area contributed by atoms with Crippen LogP contribution in [-0.4, -0.2) is 104 Å². The predicted molar refractivity (Wildman–Crippen MR) is 310 cm³/mol. The number of H-pyrrole nitrogens is 2. The van der Waals surface area contributed by atoms with Gasteiger partial charge in [-0.1, -0.05) is 82.3 Å². The van der Waals surface area contributed by atoms with E-state index in [0.29, 0.717) is 99.8 Å². The molecule has 0 atom stereocenters. The standard InChI is InChI=1S/C60H74N4O12S2/c1-57(2,23-21-53(67)61-37-39-9-13-41(14-10-39)43-17-19-47-45(33-43)51(65)35-49(63-47)55(69)70)73-27-25-59(5,6)75-29-31-77-78-32-30-76-60(7,8)26-28-74-58(3,4)24-22-54(68)62-38-40-11-15-42(16-12-40)44-18-20-48-46(34-44)52(66)36-50(64-48)56(71)72/h9-20,33-36H,21-32,37-38H2,1-8H3,(H,61,67)(H,62,68)(H,63,65)(H,64,66)(H,69,70)(H,71,72). The zero-order valence-corrected chi connectivity index (χ0v) is 47.6. The Morgan fingerprint density at radius 1 is 0.462 bits per heavy atom. The molecule has 4 aromatic carbocycles. The summed E-state index contributed by atoms with van der Waals surface area (Å²) in [6, 6.07) is 28.2. The Bertz CT molecular complexity index is 2940. The minimum Gasteiger partial charge on any atom is -0.477 e. The number of carboxylic acids is 2. The number of carbonyl (C=O) groups excluding carboxylic acids is 2. The number of carboxylic acid groups (broad SMARTS) is 2. The third kappa shape index (κ3) is 19.3. The highest BCUT2D eigenvalue weighted by Gasteiger charge is 2.26. The summed E-state index contributed by atoms with van der Waals surface area (Å²) in [6.45, 7) is 19.2. The molecule has 418 valence electrons. The Hall–Kier alpha value is -6.28. The lowest BCUT2D eigenvalue weighted by Gasteiger charge is -2.30. The van der Waals surface area contributed by atoms with E-state index in [9.17, 15) is 39.0 Å². The molecule has 0 unspecified atom stereocenters. The number of hydrogen-bond donors (Lipinski definition) is 6. The van der Waals surface area contributed by atoms with E-state index in [1.807, 2.05) is 88.4 Å². The summed E-state index contributed by atoms with van der Waals surface area (Å²) in [5.41, 5.74) is 3.44. The molecule has 0 fully saturated rings. The number of rotatable bonds is 31. The first-order valence-electron chi connectivity index (χ1n) is 26.2. The van der Waals surface area contributed by atoms with Crippen molar-refractivity contribution in [3.05, 3.63) is 140 Å². The molecular formula is C60H74N4O12S2. The first-order valence-corrected chi connectivity index (χ1v) is 28.7. The van der Waals surface area contributed by atoms with E-state index in [0.717, 1.165) is 57.0 Å². The largest absolute Gasteiger partial charge is 0.477 e. The molecule has 2 amide bonds. The third-order valence-corrected chi connectivity index (χ3v) is 15.7. The van der Waals surface area contributed by atoms with Gasteiger partial charge in [-0.25, -0.2) is 9.59 Å². The smallest absolute Gasteiger partial charge is 0.352 e. The van der Waals surface area contributed by atoms with E-state index in [1.54, 1.807) is 45.9 Å². The lowest BCUT2D eigenvalue weighted by atomic mass is 10.0. The minimum absolute atomic E-state index is 0.0643. The van der Waals surface area contributed by atoms with Crippen molar-refractivity contribution in [1.29, 1.82) is 0 Å². The van der Waals surface area contributed by atoms with Crippen LogP contribution in [0.15, 0.2) is 107 Å². The lowest BCUT2D eigenvalue weighted by Crippen LogP contribution is -2.33. The van der Waals surface area contributed by atoms with Gasteiger partial charge in [0.15, 0.2) is 10.9 Å². The van der Waals surface area contributed by atoms with Gasteiger partial charge >= 0.3 is 11.9 Å². The van der Waals surface area contributed by atoms with Crippen LogP contribution in [0.5, 0.6) is 0 Å². The number of aromatic amines is 2. The topological polar surface area (TPSA) is 235 Å². The lowest BCUT2D eigenvalue weighted by molar-refractivity contribution is -0.124. The second-order valence-corrected chi connectivity index (χ2v) is 24.5. The quantitative estimate of drug-likeness (QED) is 0.0176. The number of amides is 2. The van der Waals surface area contributed by atoms with Gasteiger partial charge < -0.3 is 49.8 Å². The fourth-order valence-electron chi connectivity index (χ4n) is 8.38. The van der Waals surface area contributed by atoms with E-state index < -0.39 is 23.1 Å². The summed E-state index contributed by atoms with van der Waals surface area (Å²) in [6.07, 6.45) is 3.17. The summed E-state index contributed by atoms with van der Waals surface area (Å²) in [7, 11) is 3.51. The number of fused-ring (bicyclic) bond motifs is 2. The first-order chi connectivity index (χ1) is 36.9. The third-order valence-electron chi connectivity index (χ3n) is 13.4. The number of aromatic carboxylic acids is 2. The van der Waals surface area contributed by atoms with Crippen molar-refractivity contribution >= 4 is 67.1 Å². The van der Waals surface area contributed by atoms with Crippen LogP contribution in [0.25, 0.3) is 44.1 Å². The molecule has 0 spiro atoms. The van der Waals surface area contributed by atoms with Crippen molar-refractivity contribution in [1.82, 2.24) is 20.6 Å². The SMILES string of the molecule is CC(C)(CCOC(C)(C)CCC(=O)NCc1ccc(-c2ccc3[nH]c(C(=O)O)cc(=O)c3c2)cc1)OCCSSCCOC(C)(C)CCOC(C)(C)CCC(=O)NCc1ccc(-c2ccc3[nH]c(C(=O)O)cc(=O)c3c2)cc1. The van der Waals surface area contributed by atoms with Crippen LogP contribution < -0.4 is 21.5 Å². The van der Waals surface area contributed by atoms with Crippen LogP contribution in [-0.2, 0) is 41.6 Å². The number of carbonyl (C=O) groups is 4. The highest BCUT2D eigenvalue weighted by molar-refractivity contribution is 8.76. The molecule has 0 aliphatic carbocycles. The second-order valence-electron chi connectivity index (χ2n) is 21.7. The highest BCUT2D eigenvalue weighted by atomic mass is 33.1. The van der Waals surface area contributed by atoms with E-state index in [2.05, 4.69) is 48.3 Å². The summed E-state index contributed by atoms with van der Waals surface area (Å²) < 4.78 is 24.9. The highest BCUT2D eigenvalue weighted by Crippen LogP contribution is 2.28. The maximum absolute atomic E-state index is 12.8. The summed E-state index contributed by atoms with van der Waals surface area (Å²) >= 11 is 0. The average Bonchev–Trinajstić information content (AvgIpc) is 3.47. The average molecular weight is 1110 g/mol. The summed E-state index contributed by atoms with van der Waals surface area (Å²) in [4.78, 5) is 78.9. The van der Waals surface area contributed by atoms with Gasteiger partial charge in [0.1, 0.15) is 11.4 Å². The molecule has 0 saturated heterocycles. The monoisotopic (exact) mass is 1110 g/mol. The molecular weight excluding hydrogens is 1030 g/mol. The molecule has 16 nitrogen and oxygen atoms in total. The first kappa shape index (κ1) is 60.9. The van der Waals surface area contributed by atoms with Crippen LogP contribution in [0.4, 0.5) is 0 Å². The van der Waals surface area contributed by atoms with Crippen molar-refractivity contribution < 1.29 is 48.3 Å². The van der Waals surface area contributed by atoms with E-state index in [1.165, 1.54) is 0 Å². The zero-order valence-electron chi connectivity index (χ0n) is 45.9. The molecule has 78 heavy (non-hydrogen) atoms. The Balaban J connectivity index is 0.764. The molecule has 6 aromatic rings. The summed E-state index contributed by atoms with van der Waals surface area (Å²) in [5, 5.41) is 25.3. The fourth-order valence-corrected chi connectivity index (χ4v) is 10.0. The van der Waals surface area contributed by atoms with Gasteiger partial charge in [0.2, 0.25) is 11.8 Å². The van der Waals surface area contributed by atoms with E-state index in [4.69, 9.17) is 18.9 Å². The molecule has 0 bridgehead atoms. The van der Waals surface area contributed by atoms with E-state index >= 15 is 0 Å². The van der Waals surface area contributed by atoms with Gasteiger partial charge in [-0.05, 0) is 139 Å². The molecule has 2 aromatic heterocycles.